The van der Waals surface area contributed by atoms with Crippen molar-refractivity contribution in [1.29, 1.82) is 0 Å². The van der Waals surface area contributed by atoms with Gasteiger partial charge in [0.05, 0.1) is 19.2 Å². The first-order chi connectivity index (χ1) is 14.1. The van der Waals surface area contributed by atoms with E-state index in [2.05, 4.69) is 10.6 Å². The molecule has 7 heteroatoms. The highest BCUT2D eigenvalue weighted by molar-refractivity contribution is 7.09. The predicted molar refractivity (Wildman–Crippen MR) is 109 cm³/mol. The van der Waals surface area contributed by atoms with E-state index in [1.54, 1.807) is 36.6 Å². The second-order valence-electron chi connectivity index (χ2n) is 8.19. The van der Waals surface area contributed by atoms with Gasteiger partial charge in [0.25, 0.3) is 5.91 Å². The molecular formula is C22H24N2O4S. The van der Waals surface area contributed by atoms with Crippen LogP contribution in [0.3, 0.4) is 0 Å². The summed E-state index contributed by atoms with van der Waals surface area (Å²) in [4.78, 5) is 26.8. The summed E-state index contributed by atoms with van der Waals surface area (Å²) in [7, 11) is 1.60. The van der Waals surface area contributed by atoms with Gasteiger partial charge >= 0.3 is 0 Å². The van der Waals surface area contributed by atoms with Crippen LogP contribution in [0, 0.1) is 17.8 Å². The van der Waals surface area contributed by atoms with Gasteiger partial charge in [0.15, 0.2) is 5.72 Å². The van der Waals surface area contributed by atoms with Crippen LogP contribution in [0.4, 0.5) is 0 Å². The Kier molecular flexibility index (Phi) is 4.50. The number of thiophene rings is 1. The van der Waals surface area contributed by atoms with Crippen molar-refractivity contribution in [3.05, 3.63) is 46.2 Å². The lowest BCUT2D eigenvalue weighted by Gasteiger charge is -2.55. The molecule has 4 atom stereocenters. The molecular weight excluding hydrogens is 388 g/mol. The molecule has 152 valence electrons. The van der Waals surface area contributed by atoms with Gasteiger partial charge in [0, 0.05) is 29.2 Å². The summed E-state index contributed by atoms with van der Waals surface area (Å²) in [5.41, 5.74) is -0.188. The summed E-state index contributed by atoms with van der Waals surface area (Å²) >= 11 is 1.65. The number of nitrogens with one attached hydrogen (secondary N) is 2. The third-order valence-electron chi connectivity index (χ3n) is 6.62. The van der Waals surface area contributed by atoms with Crippen molar-refractivity contribution in [2.45, 2.75) is 38.0 Å². The lowest BCUT2D eigenvalue weighted by molar-refractivity contribution is -0.146. The molecule has 0 saturated heterocycles. The highest BCUT2D eigenvalue weighted by Gasteiger charge is 2.57. The maximum atomic E-state index is 12.8. The highest BCUT2D eigenvalue weighted by atomic mass is 32.1. The van der Waals surface area contributed by atoms with Crippen LogP contribution in [0.15, 0.2) is 35.7 Å². The SMILES string of the molecule is COc1ccc2c(c1)O[C@]1(C[C@H]3CC[C@H]1C[C@H]3C(=O)NCc1cccs1)NC2=O. The summed E-state index contributed by atoms with van der Waals surface area (Å²) in [5.74, 6) is 1.54. The van der Waals surface area contributed by atoms with Gasteiger partial charge in [-0.15, -0.1) is 11.3 Å². The third kappa shape index (κ3) is 3.17. The molecule has 4 aliphatic rings. The number of carbonyl (C=O) groups excluding carboxylic acids is 2. The molecule has 2 bridgehead atoms. The average Bonchev–Trinajstić information content (AvgIpc) is 3.25. The second-order valence-corrected chi connectivity index (χ2v) is 9.22. The minimum atomic E-state index is -0.718. The number of fused-ring (bicyclic) bond motifs is 3. The van der Waals surface area contributed by atoms with E-state index in [1.165, 1.54) is 0 Å². The smallest absolute Gasteiger partial charge is 0.258 e. The monoisotopic (exact) mass is 412 g/mol. The number of hydrogen-bond acceptors (Lipinski definition) is 5. The fourth-order valence-electron chi connectivity index (χ4n) is 5.16. The lowest BCUT2D eigenvalue weighted by Crippen LogP contribution is -2.66. The van der Waals surface area contributed by atoms with Crippen molar-refractivity contribution in [3.63, 3.8) is 0 Å². The first-order valence-corrected chi connectivity index (χ1v) is 11.0. The van der Waals surface area contributed by atoms with Crippen molar-refractivity contribution in [2.24, 2.45) is 17.8 Å². The van der Waals surface area contributed by atoms with E-state index < -0.39 is 5.72 Å². The van der Waals surface area contributed by atoms with E-state index in [4.69, 9.17) is 9.47 Å². The zero-order chi connectivity index (χ0) is 20.0. The topological polar surface area (TPSA) is 76.7 Å². The Morgan fingerprint density at radius 3 is 3.00 bits per heavy atom. The van der Waals surface area contributed by atoms with Crippen molar-refractivity contribution in [2.75, 3.05) is 7.11 Å². The van der Waals surface area contributed by atoms with E-state index in [1.807, 2.05) is 17.5 Å². The van der Waals surface area contributed by atoms with Gasteiger partial charge in [-0.3, -0.25) is 9.59 Å². The highest BCUT2D eigenvalue weighted by Crippen LogP contribution is 2.52. The van der Waals surface area contributed by atoms with Gasteiger partial charge in [-0.2, -0.15) is 0 Å². The van der Waals surface area contributed by atoms with Crippen molar-refractivity contribution < 1.29 is 19.1 Å². The average molecular weight is 413 g/mol. The number of ether oxygens (including phenoxy) is 2. The Morgan fingerprint density at radius 1 is 1.38 bits per heavy atom. The molecule has 2 N–H and O–H groups in total. The van der Waals surface area contributed by atoms with Crippen LogP contribution in [-0.2, 0) is 11.3 Å². The van der Waals surface area contributed by atoms with Gasteiger partial charge < -0.3 is 20.1 Å². The normalized spacial score (nSPS) is 29.7. The molecule has 0 radical (unpaired) electrons. The maximum Gasteiger partial charge on any atom is 0.258 e. The van der Waals surface area contributed by atoms with Gasteiger partial charge in [0.1, 0.15) is 11.5 Å². The Balaban J connectivity index is 1.33. The molecule has 3 fully saturated rings. The van der Waals surface area contributed by atoms with E-state index in [-0.39, 0.29) is 29.6 Å². The summed E-state index contributed by atoms with van der Waals surface area (Å²) in [6, 6.07) is 9.31. The molecule has 0 unspecified atom stereocenters. The molecule has 6 nitrogen and oxygen atoms in total. The molecule has 29 heavy (non-hydrogen) atoms. The molecule has 3 aliphatic carbocycles. The predicted octanol–water partition coefficient (Wildman–Crippen LogP) is 3.33. The zero-order valence-corrected chi connectivity index (χ0v) is 17.1. The van der Waals surface area contributed by atoms with Crippen LogP contribution in [0.2, 0.25) is 0 Å². The number of rotatable bonds is 4. The molecule has 2 aromatic rings. The quantitative estimate of drug-likeness (QED) is 0.808. The standard InChI is InChI=1S/C22H24N2O4S/c1-27-15-6-7-17-19(10-15)28-22(24-21(17)26)11-13-4-5-14(22)9-18(13)20(25)23-12-16-3-2-8-29-16/h2-3,6-8,10,13-14,18H,4-5,9,11-12H2,1H3,(H,23,25)(H,24,26)/t13-,14+,18-,22+/m1/s1. The van der Waals surface area contributed by atoms with Crippen LogP contribution in [0.25, 0.3) is 0 Å². The van der Waals surface area contributed by atoms with Gasteiger partial charge in [-0.05, 0) is 48.8 Å². The lowest BCUT2D eigenvalue weighted by atomic mass is 9.60. The number of methoxy groups -OCH3 is 1. The number of hydrogen-bond donors (Lipinski definition) is 2. The van der Waals surface area contributed by atoms with Crippen LogP contribution < -0.4 is 20.1 Å². The van der Waals surface area contributed by atoms with E-state index >= 15 is 0 Å². The second kappa shape index (κ2) is 7.06. The minimum Gasteiger partial charge on any atom is -0.497 e. The van der Waals surface area contributed by atoms with Gasteiger partial charge in [-0.25, -0.2) is 0 Å². The number of benzene rings is 1. The fraction of sp³-hybridized carbons (Fsp3) is 0.455. The largest absolute Gasteiger partial charge is 0.497 e. The Morgan fingerprint density at radius 2 is 2.28 bits per heavy atom. The Hall–Kier alpha value is -2.54. The Labute approximate surface area is 173 Å². The molecule has 1 aliphatic heterocycles. The molecule has 1 aromatic carbocycles. The molecule has 2 heterocycles. The summed E-state index contributed by atoms with van der Waals surface area (Å²) < 4.78 is 11.7. The van der Waals surface area contributed by atoms with Crippen molar-refractivity contribution in [3.8, 4) is 11.5 Å². The first kappa shape index (κ1) is 18.5. The molecule has 6 rings (SSSR count). The van der Waals surface area contributed by atoms with Crippen LogP contribution in [0.1, 0.15) is 40.9 Å². The van der Waals surface area contributed by atoms with Crippen LogP contribution in [-0.4, -0.2) is 24.6 Å². The zero-order valence-electron chi connectivity index (χ0n) is 16.3. The summed E-state index contributed by atoms with van der Waals surface area (Å²) in [6.07, 6.45) is 3.35. The Bertz CT molecular complexity index is 944. The van der Waals surface area contributed by atoms with Crippen LogP contribution in [0.5, 0.6) is 11.5 Å². The fourth-order valence-corrected chi connectivity index (χ4v) is 5.80. The summed E-state index contributed by atoms with van der Waals surface area (Å²) in [5, 5.41) is 8.25. The number of amides is 2. The molecule has 1 spiro atoms. The summed E-state index contributed by atoms with van der Waals surface area (Å²) in [6.45, 7) is 0.579. The molecule has 1 aromatic heterocycles. The van der Waals surface area contributed by atoms with Crippen molar-refractivity contribution in [1.82, 2.24) is 10.6 Å². The molecule has 3 saturated carbocycles. The maximum absolute atomic E-state index is 12.8. The van der Waals surface area contributed by atoms with E-state index in [0.29, 0.717) is 30.0 Å². The third-order valence-corrected chi connectivity index (χ3v) is 7.50. The van der Waals surface area contributed by atoms with Gasteiger partial charge in [0.2, 0.25) is 5.91 Å². The minimum absolute atomic E-state index is 0.0217. The van der Waals surface area contributed by atoms with Crippen molar-refractivity contribution >= 4 is 23.2 Å². The van der Waals surface area contributed by atoms with E-state index in [9.17, 15) is 9.59 Å². The first-order valence-electron chi connectivity index (χ1n) is 10.1. The van der Waals surface area contributed by atoms with Crippen LogP contribution >= 0.6 is 11.3 Å². The van der Waals surface area contributed by atoms with Gasteiger partial charge in [-0.1, -0.05) is 6.07 Å². The molecule has 2 amide bonds. The van der Waals surface area contributed by atoms with E-state index in [0.717, 1.165) is 24.1 Å². The number of carbonyl (C=O) groups is 2.